The molecule has 0 unspecified atom stereocenters. The first-order valence-electron chi connectivity index (χ1n) is 6.26. The molecule has 3 aromatic rings. The zero-order valence-corrected chi connectivity index (χ0v) is 11.4. The van der Waals surface area contributed by atoms with E-state index in [1.807, 2.05) is 6.92 Å². The molecule has 21 heavy (non-hydrogen) atoms. The molecular formula is C12H12N6O3. The molecule has 0 aliphatic rings. The number of aromatic amines is 1. The van der Waals surface area contributed by atoms with Crippen LogP contribution in [-0.2, 0) is 6.42 Å². The van der Waals surface area contributed by atoms with Gasteiger partial charge in [0.2, 0.25) is 0 Å². The van der Waals surface area contributed by atoms with Gasteiger partial charge < -0.3 is 15.1 Å². The van der Waals surface area contributed by atoms with Crippen LogP contribution >= 0.6 is 0 Å². The van der Waals surface area contributed by atoms with Gasteiger partial charge in [-0.3, -0.25) is 9.59 Å². The second kappa shape index (κ2) is 4.54. The maximum absolute atomic E-state index is 12.3. The highest BCUT2D eigenvalue weighted by molar-refractivity contribution is 5.88. The number of carbonyl (C=O) groups excluding carboxylic acids is 1. The predicted octanol–water partition coefficient (Wildman–Crippen LogP) is 0.0423. The molecule has 0 saturated heterocycles. The van der Waals surface area contributed by atoms with Crippen LogP contribution in [0.4, 0.5) is 0 Å². The molecule has 108 valence electrons. The zero-order chi connectivity index (χ0) is 15.1. The lowest BCUT2D eigenvalue weighted by Gasteiger charge is -2.03. The Labute approximate surface area is 117 Å². The first kappa shape index (κ1) is 13.0. The molecule has 3 heterocycles. The second-order valence-electron chi connectivity index (χ2n) is 4.48. The molecular weight excluding hydrogens is 276 g/mol. The van der Waals surface area contributed by atoms with E-state index in [1.165, 1.54) is 10.7 Å². The number of H-pyrrole nitrogens is 1. The summed E-state index contributed by atoms with van der Waals surface area (Å²) in [6.45, 7) is 3.70. The van der Waals surface area contributed by atoms with Gasteiger partial charge in [0.25, 0.3) is 11.4 Å². The number of nitrogens with two attached hydrogens (primary N) is 1. The van der Waals surface area contributed by atoms with Gasteiger partial charge in [-0.05, 0) is 13.3 Å². The first-order valence-corrected chi connectivity index (χ1v) is 6.26. The molecule has 0 fully saturated rings. The molecule has 0 saturated carbocycles. The Morgan fingerprint density at radius 2 is 2.24 bits per heavy atom. The Morgan fingerprint density at radius 1 is 1.48 bits per heavy atom. The van der Waals surface area contributed by atoms with Crippen LogP contribution in [0.1, 0.15) is 28.9 Å². The molecule has 0 radical (unpaired) electrons. The molecule has 9 nitrogen and oxygen atoms in total. The van der Waals surface area contributed by atoms with Gasteiger partial charge in [0.15, 0.2) is 0 Å². The highest BCUT2D eigenvalue weighted by Gasteiger charge is 2.19. The van der Waals surface area contributed by atoms with Crippen LogP contribution in [0.2, 0.25) is 0 Å². The molecule has 0 aromatic carbocycles. The summed E-state index contributed by atoms with van der Waals surface area (Å²) in [6, 6.07) is 0. The average Bonchev–Trinajstić information content (AvgIpc) is 3.04. The van der Waals surface area contributed by atoms with Gasteiger partial charge >= 0.3 is 11.8 Å². The SMILES string of the molecule is CCc1c(C)[nH]c2c(-c3nnc(C(N)=O)o3)cnn2c1=O. The summed E-state index contributed by atoms with van der Waals surface area (Å²) < 4.78 is 6.39. The number of fused-ring (bicyclic) bond motifs is 1. The number of aromatic nitrogens is 5. The number of hydrogen-bond acceptors (Lipinski definition) is 6. The number of amides is 1. The van der Waals surface area contributed by atoms with E-state index in [0.29, 0.717) is 23.2 Å². The second-order valence-corrected chi connectivity index (χ2v) is 4.48. The molecule has 1 amide bonds. The fourth-order valence-electron chi connectivity index (χ4n) is 2.17. The number of nitrogens with one attached hydrogen (secondary N) is 1. The third-order valence-corrected chi connectivity index (χ3v) is 3.20. The van der Waals surface area contributed by atoms with Gasteiger partial charge in [-0.25, -0.2) is 0 Å². The van der Waals surface area contributed by atoms with E-state index in [0.717, 1.165) is 5.69 Å². The van der Waals surface area contributed by atoms with E-state index in [2.05, 4.69) is 20.3 Å². The van der Waals surface area contributed by atoms with Gasteiger partial charge in [-0.15, -0.1) is 10.2 Å². The van der Waals surface area contributed by atoms with E-state index in [-0.39, 0.29) is 17.3 Å². The predicted molar refractivity (Wildman–Crippen MR) is 71.7 cm³/mol. The summed E-state index contributed by atoms with van der Waals surface area (Å²) in [6.07, 6.45) is 2.02. The third kappa shape index (κ3) is 1.90. The van der Waals surface area contributed by atoms with E-state index in [1.54, 1.807) is 6.92 Å². The fraction of sp³-hybridized carbons (Fsp3) is 0.250. The van der Waals surface area contributed by atoms with E-state index >= 15 is 0 Å². The molecule has 0 aliphatic heterocycles. The molecule has 3 rings (SSSR count). The summed E-state index contributed by atoms with van der Waals surface area (Å²) in [5, 5.41) is 11.3. The topological polar surface area (TPSA) is 132 Å². The van der Waals surface area contributed by atoms with Crippen LogP contribution in [0.5, 0.6) is 0 Å². The maximum Gasteiger partial charge on any atom is 0.306 e. The summed E-state index contributed by atoms with van der Waals surface area (Å²) in [5.41, 5.74) is 7.11. The highest BCUT2D eigenvalue weighted by Crippen LogP contribution is 2.21. The van der Waals surface area contributed by atoms with Gasteiger partial charge in [0.1, 0.15) is 11.2 Å². The van der Waals surface area contributed by atoms with Crippen molar-refractivity contribution in [2.45, 2.75) is 20.3 Å². The quantitative estimate of drug-likeness (QED) is 0.699. The minimum absolute atomic E-state index is 0.0677. The smallest absolute Gasteiger partial charge is 0.306 e. The maximum atomic E-state index is 12.3. The Bertz CT molecular complexity index is 903. The lowest BCUT2D eigenvalue weighted by atomic mass is 10.2. The standard InChI is InChI=1S/C12H12N6O3/c1-3-6-5(2)15-9-7(4-14-18(9)12(6)20)10-16-17-11(21-10)8(13)19/h4,15H,3H2,1-2H3,(H2,13,19). The number of primary amides is 1. The van der Waals surface area contributed by atoms with Crippen LogP contribution in [0.25, 0.3) is 17.1 Å². The molecule has 3 N–H and O–H groups in total. The molecule has 9 heteroatoms. The van der Waals surface area contributed by atoms with Crippen LogP contribution in [-0.4, -0.2) is 30.7 Å². The summed E-state index contributed by atoms with van der Waals surface area (Å²) in [5.74, 6) is -1.05. The Hall–Kier alpha value is -2.97. The molecule has 0 bridgehead atoms. The van der Waals surface area contributed by atoms with Crippen molar-refractivity contribution in [1.82, 2.24) is 24.8 Å². The average molecular weight is 288 g/mol. The summed E-state index contributed by atoms with van der Waals surface area (Å²) in [7, 11) is 0. The summed E-state index contributed by atoms with van der Waals surface area (Å²) in [4.78, 5) is 26.4. The number of aryl methyl sites for hydroxylation is 1. The van der Waals surface area contributed by atoms with Crippen molar-refractivity contribution >= 4 is 11.6 Å². The minimum atomic E-state index is -0.817. The molecule has 0 spiro atoms. The third-order valence-electron chi connectivity index (χ3n) is 3.20. The van der Waals surface area contributed by atoms with E-state index < -0.39 is 5.91 Å². The molecule has 0 aliphatic carbocycles. The van der Waals surface area contributed by atoms with Crippen LogP contribution < -0.4 is 11.3 Å². The Kier molecular flexibility index (Phi) is 2.82. The van der Waals surface area contributed by atoms with Crippen molar-refractivity contribution in [3.63, 3.8) is 0 Å². The van der Waals surface area contributed by atoms with Crippen molar-refractivity contribution in [3.05, 3.63) is 33.7 Å². The lowest BCUT2D eigenvalue weighted by molar-refractivity contribution is 0.0968. The number of hydrogen-bond donors (Lipinski definition) is 2. The Balaban J connectivity index is 2.25. The highest BCUT2D eigenvalue weighted by atomic mass is 16.4. The minimum Gasteiger partial charge on any atom is -0.412 e. The van der Waals surface area contributed by atoms with Crippen molar-refractivity contribution < 1.29 is 9.21 Å². The van der Waals surface area contributed by atoms with Crippen LogP contribution in [0, 0.1) is 6.92 Å². The van der Waals surface area contributed by atoms with Crippen LogP contribution in [0.3, 0.4) is 0 Å². The van der Waals surface area contributed by atoms with Gasteiger partial charge in [0.05, 0.1) is 6.20 Å². The monoisotopic (exact) mass is 288 g/mol. The fourth-order valence-corrected chi connectivity index (χ4v) is 2.17. The first-order chi connectivity index (χ1) is 10.0. The van der Waals surface area contributed by atoms with Crippen molar-refractivity contribution in [3.8, 4) is 11.5 Å². The number of nitrogens with zero attached hydrogens (tertiary/aromatic N) is 4. The van der Waals surface area contributed by atoms with Gasteiger partial charge in [0, 0.05) is 11.3 Å². The van der Waals surface area contributed by atoms with E-state index in [4.69, 9.17) is 10.2 Å². The normalized spacial score (nSPS) is 11.1. The lowest BCUT2D eigenvalue weighted by Crippen LogP contribution is -2.21. The molecule has 0 atom stereocenters. The zero-order valence-electron chi connectivity index (χ0n) is 11.4. The van der Waals surface area contributed by atoms with Gasteiger partial charge in [-0.2, -0.15) is 9.61 Å². The number of rotatable bonds is 3. The van der Waals surface area contributed by atoms with Crippen molar-refractivity contribution in [2.75, 3.05) is 0 Å². The summed E-state index contributed by atoms with van der Waals surface area (Å²) >= 11 is 0. The van der Waals surface area contributed by atoms with Crippen LogP contribution in [0.15, 0.2) is 15.4 Å². The van der Waals surface area contributed by atoms with Gasteiger partial charge in [-0.1, -0.05) is 6.92 Å². The van der Waals surface area contributed by atoms with Crippen molar-refractivity contribution in [1.29, 1.82) is 0 Å². The van der Waals surface area contributed by atoms with Crippen molar-refractivity contribution in [2.24, 2.45) is 5.73 Å². The largest absolute Gasteiger partial charge is 0.412 e. The number of carbonyl (C=O) groups is 1. The van der Waals surface area contributed by atoms with E-state index in [9.17, 15) is 9.59 Å². The Morgan fingerprint density at radius 3 is 2.86 bits per heavy atom. The molecule has 3 aromatic heterocycles.